The lowest BCUT2D eigenvalue weighted by Crippen LogP contribution is -2.29. The van der Waals surface area contributed by atoms with Gasteiger partial charge in [0, 0.05) is 38.4 Å². The molecular formula is C27H21ClN2O3. The smallest absolute Gasteiger partial charge is 0.300 e. The quantitative estimate of drug-likeness (QED) is 0.223. The molecule has 6 heteroatoms. The molecule has 1 aromatic heterocycles. The Hall–Kier alpha value is -3.83. The molecule has 1 unspecified atom stereocenters. The van der Waals surface area contributed by atoms with Gasteiger partial charge in [-0.25, -0.2) is 0 Å². The first-order valence-electron chi connectivity index (χ1n) is 10.6. The number of para-hydroxylation sites is 1. The first-order chi connectivity index (χ1) is 15.9. The summed E-state index contributed by atoms with van der Waals surface area (Å²) < 4.78 is 0. The lowest BCUT2D eigenvalue weighted by atomic mass is 9.93. The highest BCUT2D eigenvalue weighted by molar-refractivity contribution is 6.52. The first-order valence-corrected chi connectivity index (χ1v) is 11.0. The molecule has 1 saturated heterocycles. The zero-order valence-electron chi connectivity index (χ0n) is 18.1. The number of fused-ring (bicyclic) bond motifs is 1. The molecule has 0 spiro atoms. The van der Waals surface area contributed by atoms with Crippen molar-refractivity contribution in [2.24, 2.45) is 0 Å². The highest BCUT2D eigenvalue weighted by Crippen LogP contribution is 2.45. The summed E-state index contributed by atoms with van der Waals surface area (Å²) in [6.45, 7) is 3.84. The van der Waals surface area contributed by atoms with E-state index in [1.807, 2.05) is 50.2 Å². The topological polar surface area (TPSA) is 73.4 Å². The number of rotatable bonds is 3. The Kier molecular flexibility index (Phi) is 5.06. The summed E-state index contributed by atoms with van der Waals surface area (Å²) in [5, 5.41) is 12.6. The fourth-order valence-electron chi connectivity index (χ4n) is 4.52. The number of nitrogens with zero attached hydrogens (tertiary/aromatic N) is 1. The van der Waals surface area contributed by atoms with E-state index in [0.717, 1.165) is 27.7 Å². The maximum Gasteiger partial charge on any atom is 0.300 e. The number of anilines is 1. The van der Waals surface area contributed by atoms with Crippen molar-refractivity contribution in [1.29, 1.82) is 0 Å². The number of benzene rings is 3. The van der Waals surface area contributed by atoms with E-state index in [4.69, 9.17) is 11.6 Å². The Morgan fingerprint density at radius 3 is 2.42 bits per heavy atom. The molecule has 1 aliphatic heterocycles. The fourth-order valence-corrected chi connectivity index (χ4v) is 4.70. The molecule has 0 bridgehead atoms. The number of aliphatic hydroxyl groups excluding tert-OH is 1. The van der Waals surface area contributed by atoms with Gasteiger partial charge in [0.25, 0.3) is 11.7 Å². The Morgan fingerprint density at radius 2 is 1.70 bits per heavy atom. The summed E-state index contributed by atoms with van der Waals surface area (Å²) in [5.74, 6) is -1.64. The third-order valence-corrected chi connectivity index (χ3v) is 6.31. The number of carbonyl (C=O) groups excluding carboxylic acids is 2. The molecule has 3 aromatic carbocycles. The van der Waals surface area contributed by atoms with E-state index in [1.165, 1.54) is 4.90 Å². The summed E-state index contributed by atoms with van der Waals surface area (Å²) >= 11 is 6.23. The number of nitrogens with one attached hydrogen (secondary N) is 1. The van der Waals surface area contributed by atoms with Crippen molar-refractivity contribution in [3.05, 3.63) is 106 Å². The number of aromatic nitrogens is 1. The Labute approximate surface area is 195 Å². The summed E-state index contributed by atoms with van der Waals surface area (Å²) in [5.41, 5.74) is 4.50. The van der Waals surface area contributed by atoms with E-state index in [1.54, 1.807) is 36.4 Å². The second-order valence-corrected chi connectivity index (χ2v) is 8.66. The van der Waals surface area contributed by atoms with Crippen LogP contribution in [-0.4, -0.2) is 21.8 Å². The number of H-pyrrole nitrogens is 1. The number of aryl methyl sites for hydroxylation is 2. The molecule has 5 nitrogen and oxygen atoms in total. The number of hydrogen-bond acceptors (Lipinski definition) is 3. The second kappa shape index (κ2) is 7.94. The maximum atomic E-state index is 13.4. The van der Waals surface area contributed by atoms with Crippen LogP contribution in [0.5, 0.6) is 0 Å². The van der Waals surface area contributed by atoms with Crippen LogP contribution < -0.4 is 4.90 Å². The van der Waals surface area contributed by atoms with Crippen LogP contribution in [-0.2, 0) is 9.59 Å². The molecule has 0 radical (unpaired) electrons. The average Bonchev–Trinajstić information content (AvgIpc) is 3.26. The van der Waals surface area contributed by atoms with Gasteiger partial charge in [-0.15, -0.1) is 0 Å². The number of halogens is 1. The van der Waals surface area contributed by atoms with Gasteiger partial charge in [-0.2, -0.15) is 0 Å². The molecule has 33 heavy (non-hydrogen) atoms. The van der Waals surface area contributed by atoms with Crippen LogP contribution >= 0.6 is 11.6 Å². The Morgan fingerprint density at radius 1 is 0.970 bits per heavy atom. The van der Waals surface area contributed by atoms with Crippen LogP contribution in [0.25, 0.3) is 16.7 Å². The summed E-state index contributed by atoms with van der Waals surface area (Å²) in [7, 11) is 0. The molecule has 0 saturated carbocycles. The van der Waals surface area contributed by atoms with Crippen molar-refractivity contribution in [2.45, 2.75) is 19.9 Å². The molecule has 4 aromatic rings. The van der Waals surface area contributed by atoms with Crippen LogP contribution in [0.3, 0.4) is 0 Å². The van der Waals surface area contributed by atoms with Crippen molar-refractivity contribution < 1.29 is 14.7 Å². The van der Waals surface area contributed by atoms with Crippen LogP contribution in [0.15, 0.2) is 78.4 Å². The first kappa shape index (κ1) is 21.0. The normalized spacial score (nSPS) is 17.8. The van der Waals surface area contributed by atoms with Gasteiger partial charge >= 0.3 is 0 Å². The molecule has 1 aliphatic rings. The number of amides is 1. The van der Waals surface area contributed by atoms with Crippen molar-refractivity contribution in [1.82, 2.24) is 4.98 Å². The molecule has 0 aliphatic carbocycles. The lowest BCUT2D eigenvalue weighted by molar-refractivity contribution is -0.132. The molecule has 2 heterocycles. The molecule has 5 rings (SSSR count). The van der Waals surface area contributed by atoms with E-state index < -0.39 is 17.7 Å². The number of carbonyl (C=O) groups is 2. The number of aliphatic hydroxyl groups is 1. The van der Waals surface area contributed by atoms with Gasteiger partial charge < -0.3 is 10.1 Å². The van der Waals surface area contributed by atoms with Gasteiger partial charge in [-0.1, -0.05) is 65.7 Å². The number of aromatic amines is 1. The minimum absolute atomic E-state index is 0.0525. The monoisotopic (exact) mass is 456 g/mol. The van der Waals surface area contributed by atoms with Crippen molar-refractivity contribution in [3.8, 4) is 0 Å². The summed E-state index contributed by atoms with van der Waals surface area (Å²) in [6, 6.07) is 20.9. The van der Waals surface area contributed by atoms with E-state index in [-0.39, 0.29) is 11.3 Å². The van der Waals surface area contributed by atoms with E-state index in [9.17, 15) is 14.7 Å². The minimum atomic E-state index is -0.819. The molecule has 164 valence electrons. The van der Waals surface area contributed by atoms with E-state index in [2.05, 4.69) is 4.98 Å². The fraction of sp³-hybridized carbons (Fsp3) is 0.111. The van der Waals surface area contributed by atoms with E-state index in [0.29, 0.717) is 16.3 Å². The van der Waals surface area contributed by atoms with Crippen LogP contribution in [0, 0.1) is 13.8 Å². The number of hydrogen-bond donors (Lipinski definition) is 2. The standard InChI is InChI=1S/C27H21ClN2O3/c1-15-10-12-17(13-11-15)25(31)23-24(22-16(2)29-21-9-4-3-8-20(21)22)30(27(33)26(23)32)19-7-5-6-18(28)14-19/h3-14,24,29,31H,1-2H3/b25-23+. The van der Waals surface area contributed by atoms with Gasteiger partial charge in [0.1, 0.15) is 5.76 Å². The minimum Gasteiger partial charge on any atom is -0.507 e. The molecule has 1 fully saturated rings. The van der Waals surface area contributed by atoms with Crippen molar-refractivity contribution in [3.63, 3.8) is 0 Å². The molecule has 1 amide bonds. The molecule has 2 N–H and O–H groups in total. The SMILES string of the molecule is Cc1ccc(/C(O)=C2\C(=O)C(=O)N(c3cccc(Cl)c3)C2c2c(C)[nH]c3ccccc23)cc1. The predicted octanol–water partition coefficient (Wildman–Crippen LogP) is 6.06. The van der Waals surface area contributed by atoms with Gasteiger partial charge in [-0.05, 0) is 38.1 Å². The van der Waals surface area contributed by atoms with Crippen molar-refractivity contribution in [2.75, 3.05) is 4.90 Å². The molecular weight excluding hydrogens is 436 g/mol. The summed E-state index contributed by atoms with van der Waals surface area (Å²) in [4.78, 5) is 31.5. The largest absolute Gasteiger partial charge is 0.507 e. The number of ketones is 1. The highest BCUT2D eigenvalue weighted by Gasteiger charge is 2.48. The second-order valence-electron chi connectivity index (χ2n) is 8.22. The Bertz CT molecular complexity index is 1450. The Balaban J connectivity index is 1.82. The van der Waals surface area contributed by atoms with Gasteiger partial charge in [-0.3, -0.25) is 14.5 Å². The number of Topliss-reactive ketones (excluding diaryl/α,β-unsaturated/α-hetero) is 1. The van der Waals surface area contributed by atoms with Crippen LogP contribution in [0.4, 0.5) is 5.69 Å². The third kappa shape index (κ3) is 3.41. The molecule has 1 atom stereocenters. The van der Waals surface area contributed by atoms with E-state index >= 15 is 0 Å². The lowest BCUT2D eigenvalue weighted by Gasteiger charge is -2.26. The zero-order valence-corrected chi connectivity index (χ0v) is 18.9. The van der Waals surface area contributed by atoms with Gasteiger partial charge in [0.15, 0.2) is 0 Å². The third-order valence-electron chi connectivity index (χ3n) is 6.07. The van der Waals surface area contributed by atoms with Crippen LogP contribution in [0.2, 0.25) is 5.02 Å². The maximum absolute atomic E-state index is 13.4. The predicted molar refractivity (Wildman–Crippen MR) is 130 cm³/mol. The van der Waals surface area contributed by atoms with Gasteiger partial charge in [0.05, 0.1) is 11.6 Å². The van der Waals surface area contributed by atoms with Crippen molar-refractivity contribution >= 4 is 45.6 Å². The van der Waals surface area contributed by atoms with Gasteiger partial charge in [0.2, 0.25) is 0 Å². The summed E-state index contributed by atoms with van der Waals surface area (Å²) in [6.07, 6.45) is 0. The average molecular weight is 457 g/mol. The highest BCUT2D eigenvalue weighted by atomic mass is 35.5. The van der Waals surface area contributed by atoms with Crippen LogP contribution in [0.1, 0.15) is 28.4 Å². The zero-order chi connectivity index (χ0) is 23.3.